The molecular weight excluding hydrogens is 260 g/mol. The van der Waals surface area contributed by atoms with Crippen LogP contribution in [-0.4, -0.2) is 35.2 Å². The number of ether oxygens (including phenoxy) is 1. The molecule has 0 bridgehead atoms. The predicted molar refractivity (Wildman–Crippen MR) is 64.4 cm³/mol. The molecule has 98 valence electrons. The third-order valence-electron chi connectivity index (χ3n) is 2.25. The van der Waals surface area contributed by atoms with Gasteiger partial charge in [-0.3, -0.25) is 4.79 Å². The highest BCUT2D eigenvalue weighted by molar-refractivity contribution is 6.30. The van der Waals surface area contributed by atoms with Crippen molar-refractivity contribution >= 4 is 23.9 Å². The van der Waals surface area contributed by atoms with E-state index in [1.807, 2.05) is 0 Å². The number of carbonyl (C=O) groups is 2. The van der Waals surface area contributed by atoms with Gasteiger partial charge in [-0.1, -0.05) is 11.6 Å². The van der Waals surface area contributed by atoms with Crippen LogP contribution in [-0.2, 0) is 9.53 Å². The molecule has 6 heteroatoms. The summed E-state index contributed by atoms with van der Waals surface area (Å²) in [5.74, 6) is -0.933. The van der Waals surface area contributed by atoms with Gasteiger partial charge in [-0.2, -0.15) is 0 Å². The highest BCUT2D eigenvalue weighted by atomic mass is 35.5. The van der Waals surface area contributed by atoms with Gasteiger partial charge in [0.05, 0.1) is 6.61 Å². The number of esters is 1. The van der Waals surface area contributed by atoms with Gasteiger partial charge in [-0.25, -0.2) is 4.79 Å². The molecule has 1 rings (SSSR count). The van der Waals surface area contributed by atoms with Crippen LogP contribution in [0.4, 0.5) is 0 Å². The van der Waals surface area contributed by atoms with Gasteiger partial charge in [0.2, 0.25) is 0 Å². The summed E-state index contributed by atoms with van der Waals surface area (Å²) in [4.78, 5) is 21.9. The fourth-order valence-electron chi connectivity index (χ4n) is 1.41. The highest BCUT2D eigenvalue weighted by Crippen LogP contribution is 2.23. The van der Waals surface area contributed by atoms with Crippen molar-refractivity contribution in [3.63, 3.8) is 0 Å². The van der Waals surface area contributed by atoms with E-state index in [-0.39, 0.29) is 22.8 Å². The number of benzene rings is 1. The Morgan fingerprint density at radius 1 is 1.44 bits per heavy atom. The van der Waals surface area contributed by atoms with E-state index in [9.17, 15) is 19.8 Å². The molecule has 0 aliphatic rings. The van der Waals surface area contributed by atoms with Crippen LogP contribution in [0.5, 0.6) is 0 Å². The molecule has 0 aliphatic carbocycles. The van der Waals surface area contributed by atoms with Crippen LogP contribution in [0, 0.1) is 0 Å². The van der Waals surface area contributed by atoms with Crippen molar-refractivity contribution in [2.75, 3.05) is 6.61 Å². The average Bonchev–Trinajstić information content (AvgIpc) is 2.36. The summed E-state index contributed by atoms with van der Waals surface area (Å²) < 4.78 is 4.58. The second-order valence-electron chi connectivity index (χ2n) is 3.58. The zero-order valence-corrected chi connectivity index (χ0v) is 10.4. The van der Waals surface area contributed by atoms with Gasteiger partial charge in [0.1, 0.15) is 12.4 Å². The molecule has 18 heavy (non-hydrogen) atoms. The van der Waals surface area contributed by atoms with Crippen LogP contribution in [0.15, 0.2) is 18.2 Å². The topological polar surface area (TPSA) is 83.8 Å². The van der Waals surface area contributed by atoms with Crippen LogP contribution in [0.1, 0.15) is 28.9 Å². The van der Waals surface area contributed by atoms with Gasteiger partial charge < -0.3 is 14.9 Å². The van der Waals surface area contributed by atoms with Gasteiger partial charge in [-0.15, -0.1) is 0 Å². The van der Waals surface area contributed by atoms with Gasteiger partial charge >= 0.3 is 5.97 Å². The van der Waals surface area contributed by atoms with E-state index in [1.54, 1.807) is 6.92 Å². The Morgan fingerprint density at radius 2 is 2.11 bits per heavy atom. The molecule has 2 unspecified atom stereocenters. The van der Waals surface area contributed by atoms with Gasteiger partial charge in [-0.05, 0) is 30.7 Å². The zero-order chi connectivity index (χ0) is 13.7. The summed E-state index contributed by atoms with van der Waals surface area (Å²) in [6, 6.07) is 4.11. The predicted octanol–water partition coefficient (Wildman–Crippen LogP) is 1.11. The molecule has 1 aromatic rings. The average molecular weight is 273 g/mol. The van der Waals surface area contributed by atoms with E-state index in [0.29, 0.717) is 6.29 Å². The summed E-state index contributed by atoms with van der Waals surface area (Å²) in [6.45, 7) is 1.68. The number of rotatable bonds is 5. The molecule has 0 amide bonds. The van der Waals surface area contributed by atoms with Crippen molar-refractivity contribution < 1.29 is 24.5 Å². The molecule has 2 atom stereocenters. The molecule has 0 aliphatic heterocycles. The standard InChI is InChI=1S/C12H13ClO5/c1-2-18-12(17)11(16)10(15)8-3-7(6-14)4-9(13)5-8/h3-6,10-11,15-16H,2H2,1H3. The maximum atomic E-state index is 11.3. The molecule has 0 radical (unpaired) electrons. The Bertz CT molecular complexity index is 446. The Morgan fingerprint density at radius 3 is 2.67 bits per heavy atom. The molecule has 0 saturated heterocycles. The van der Waals surface area contributed by atoms with Crippen molar-refractivity contribution in [1.82, 2.24) is 0 Å². The number of halogens is 1. The molecule has 1 aromatic carbocycles. The van der Waals surface area contributed by atoms with Crippen molar-refractivity contribution in [3.8, 4) is 0 Å². The Hall–Kier alpha value is -1.43. The summed E-state index contributed by atoms with van der Waals surface area (Å²) in [5.41, 5.74) is 0.415. The maximum absolute atomic E-state index is 11.3. The molecule has 0 aromatic heterocycles. The lowest BCUT2D eigenvalue weighted by Crippen LogP contribution is -2.29. The molecule has 2 N–H and O–H groups in total. The van der Waals surface area contributed by atoms with Crippen LogP contribution >= 0.6 is 11.6 Å². The molecule has 0 saturated carbocycles. The zero-order valence-electron chi connectivity index (χ0n) is 9.67. The lowest BCUT2D eigenvalue weighted by molar-refractivity contribution is -0.159. The van der Waals surface area contributed by atoms with Crippen LogP contribution in [0.2, 0.25) is 5.02 Å². The minimum atomic E-state index is -1.72. The van der Waals surface area contributed by atoms with Crippen molar-refractivity contribution in [2.24, 2.45) is 0 Å². The molecular formula is C12H13ClO5. The second-order valence-corrected chi connectivity index (χ2v) is 4.01. The van der Waals surface area contributed by atoms with Gasteiger partial charge in [0, 0.05) is 10.6 Å². The van der Waals surface area contributed by atoms with Crippen LogP contribution < -0.4 is 0 Å². The van der Waals surface area contributed by atoms with E-state index >= 15 is 0 Å². The first-order valence-electron chi connectivity index (χ1n) is 5.28. The third-order valence-corrected chi connectivity index (χ3v) is 2.47. The number of aliphatic hydroxyl groups excluding tert-OH is 2. The van der Waals surface area contributed by atoms with E-state index in [1.165, 1.54) is 18.2 Å². The Balaban J connectivity index is 2.95. The summed E-state index contributed by atoms with van der Waals surface area (Å²) in [7, 11) is 0. The van der Waals surface area contributed by atoms with Gasteiger partial charge in [0.25, 0.3) is 0 Å². The fraction of sp³-hybridized carbons (Fsp3) is 0.333. The molecule has 0 spiro atoms. The van der Waals surface area contributed by atoms with Crippen LogP contribution in [0.25, 0.3) is 0 Å². The quantitative estimate of drug-likeness (QED) is 0.620. The third kappa shape index (κ3) is 3.53. The maximum Gasteiger partial charge on any atom is 0.338 e. The van der Waals surface area contributed by atoms with Crippen LogP contribution in [0.3, 0.4) is 0 Å². The lowest BCUT2D eigenvalue weighted by Gasteiger charge is -2.17. The molecule has 0 heterocycles. The molecule has 0 fully saturated rings. The molecule has 5 nitrogen and oxygen atoms in total. The van der Waals surface area contributed by atoms with E-state index < -0.39 is 18.2 Å². The lowest BCUT2D eigenvalue weighted by atomic mass is 10.0. The summed E-state index contributed by atoms with van der Waals surface area (Å²) >= 11 is 5.75. The monoisotopic (exact) mass is 272 g/mol. The van der Waals surface area contributed by atoms with Crippen molar-refractivity contribution in [3.05, 3.63) is 34.3 Å². The number of carbonyl (C=O) groups excluding carboxylic acids is 2. The van der Waals surface area contributed by atoms with E-state index in [2.05, 4.69) is 4.74 Å². The number of hydrogen-bond acceptors (Lipinski definition) is 5. The normalized spacial score (nSPS) is 13.8. The van der Waals surface area contributed by atoms with E-state index in [0.717, 1.165) is 0 Å². The second kappa shape index (κ2) is 6.49. The number of aldehydes is 1. The summed E-state index contributed by atoms with van der Waals surface area (Å²) in [6.07, 6.45) is -2.66. The first kappa shape index (κ1) is 14.6. The minimum absolute atomic E-state index is 0.0950. The number of aliphatic hydroxyl groups is 2. The smallest absolute Gasteiger partial charge is 0.338 e. The van der Waals surface area contributed by atoms with Gasteiger partial charge in [0.15, 0.2) is 6.10 Å². The summed E-state index contributed by atoms with van der Waals surface area (Å²) in [5, 5.41) is 19.6. The fourth-order valence-corrected chi connectivity index (χ4v) is 1.67. The Kier molecular flexibility index (Phi) is 5.27. The first-order valence-corrected chi connectivity index (χ1v) is 5.65. The van der Waals surface area contributed by atoms with Crippen molar-refractivity contribution in [2.45, 2.75) is 19.1 Å². The number of hydrogen-bond donors (Lipinski definition) is 2. The highest BCUT2D eigenvalue weighted by Gasteiger charge is 2.27. The van der Waals surface area contributed by atoms with Crippen molar-refractivity contribution in [1.29, 1.82) is 0 Å². The first-order chi connectivity index (χ1) is 8.49. The minimum Gasteiger partial charge on any atom is -0.464 e. The Labute approximate surface area is 109 Å². The largest absolute Gasteiger partial charge is 0.464 e. The SMILES string of the molecule is CCOC(=O)C(O)C(O)c1cc(Cl)cc(C=O)c1. The van der Waals surface area contributed by atoms with E-state index in [4.69, 9.17) is 11.6 Å².